The van der Waals surface area contributed by atoms with Crippen LogP contribution in [0.4, 0.5) is 0 Å². The van der Waals surface area contributed by atoms with Crippen LogP contribution in [0.5, 0.6) is 0 Å². The zero-order valence-corrected chi connectivity index (χ0v) is 17.5. The van der Waals surface area contributed by atoms with E-state index in [-0.39, 0.29) is 36.2 Å². The second-order valence-electron chi connectivity index (χ2n) is 7.10. The van der Waals surface area contributed by atoms with Crippen LogP contribution < -0.4 is 10.6 Å². The normalized spacial score (nSPS) is 19.2. The molecular weight excluding hydrogens is 420 g/mol. The predicted octanol–water partition coefficient (Wildman–Crippen LogP) is 1.02. The lowest BCUT2D eigenvalue weighted by atomic mass is 9.93. The summed E-state index contributed by atoms with van der Waals surface area (Å²) in [7, 11) is 0. The van der Waals surface area contributed by atoms with Crippen molar-refractivity contribution in [2.24, 2.45) is 10.9 Å². The highest BCUT2D eigenvalue weighted by Gasteiger charge is 2.38. The van der Waals surface area contributed by atoms with E-state index in [1.165, 1.54) is 11.8 Å². The second-order valence-corrected chi connectivity index (χ2v) is 7.47. The van der Waals surface area contributed by atoms with Crippen molar-refractivity contribution >= 4 is 40.8 Å². The van der Waals surface area contributed by atoms with Gasteiger partial charge in [-0.05, 0) is 36.0 Å². The van der Waals surface area contributed by atoms with Gasteiger partial charge in [0.25, 0.3) is 5.91 Å². The van der Waals surface area contributed by atoms with E-state index in [0.717, 1.165) is 5.56 Å². The molecule has 1 atom stereocenters. The van der Waals surface area contributed by atoms with E-state index in [4.69, 9.17) is 21.7 Å². The molecule has 1 aromatic rings. The standard InChI is InChI=1S/C21H20N4O5S/c1-12(26)22-6-7-23-19(27)14-4-2-13(3-5-14)10-25-20(28)15-8-17-18(30-11-29-17)9-16(15)24-21(25)31/h2-5,8-9,15H,6-7,10-11H2,1H3,(H,22,26)(H,23,27). The van der Waals surface area contributed by atoms with Gasteiger partial charge in [-0.15, -0.1) is 0 Å². The summed E-state index contributed by atoms with van der Waals surface area (Å²) in [6.45, 7) is 2.47. The van der Waals surface area contributed by atoms with Crippen molar-refractivity contribution in [1.29, 1.82) is 0 Å². The van der Waals surface area contributed by atoms with E-state index in [2.05, 4.69) is 15.6 Å². The SMILES string of the molecule is CC(=O)NCCNC(=O)c1ccc(CN2C(=O)C3C=C4OCOC4=CC3=NC2=S)cc1. The fourth-order valence-electron chi connectivity index (χ4n) is 3.34. The van der Waals surface area contributed by atoms with E-state index in [1.807, 2.05) is 0 Å². The van der Waals surface area contributed by atoms with Gasteiger partial charge in [0.15, 0.2) is 11.5 Å². The highest BCUT2D eigenvalue weighted by atomic mass is 32.1. The Labute approximate surface area is 183 Å². The van der Waals surface area contributed by atoms with Gasteiger partial charge in [0.2, 0.25) is 23.7 Å². The average molecular weight is 440 g/mol. The van der Waals surface area contributed by atoms with Crippen LogP contribution in [0.3, 0.4) is 0 Å². The quantitative estimate of drug-likeness (QED) is 0.505. The molecule has 0 bridgehead atoms. The van der Waals surface area contributed by atoms with Crippen molar-refractivity contribution in [3.8, 4) is 0 Å². The highest BCUT2D eigenvalue weighted by molar-refractivity contribution is 7.80. The molecule has 0 spiro atoms. The smallest absolute Gasteiger partial charge is 0.251 e. The minimum Gasteiger partial charge on any atom is -0.454 e. The Bertz CT molecular complexity index is 1040. The van der Waals surface area contributed by atoms with Gasteiger partial charge in [0.1, 0.15) is 5.92 Å². The Balaban J connectivity index is 1.40. The van der Waals surface area contributed by atoms with Crippen LogP contribution in [0.1, 0.15) is 22.8 Å². The summed E-state index contributed by atoms with van der Waals surface area (Å²) < 4.78 is 10.7. The van der Waals surface area contributed by atoms with E-state index in [0.29, 0.717) is 35.9 Å². The number of fused-ring (bicyclic) bond motifs is 2. The summed E-state index contributed by atoms with van der Waals surface area (Å²) in [5.74, 6) is -0.0473. The van der Waals surface area contributed by atoms with Crippen molar-refractivity contribution in [2.75, 3.05) is 19.9 Å². The Kier molecular flexibility index (Phi) is 5.81. The first-order valence-corrected chi connectivity index (χ1v) is 10.1. The van der Waals surface area contributed by atoms with Gasteiger partial charge in [-0.3, -0.25) is 19.3 Å². The number of nitrogens with zero attached hydrogens (tertiary/aromatic N) is 2. The number of nitrogens with one attached hydrogen (secondary N) is 2. The minimum atomic E-state index is -0.569. The third-order valence-corrected chi connectivity index (χ3v) is 5.23. The molecule has 0 saturated carbocycles. The molecule has 1 aliphatic carbocycles. The molecule has 2 heterocycles. The molecule has 160 valence electrons. The number of aliphatic imine (C=N–C) groups is 1. The zero-order valence-electron chi connectivity index (χ0n) is 16.7. The molecule has 0 aromatic heterocycles. The number of allylic oxidation sites excluding steroid dienone is 1. The van der Waals surface area contributed by atoms with Gasteiger partial charge < -0.3 is 20.1 Å². The number of rotatable bonds is 6. The van der Waals surface area contributed by atoms with Crippen molar-refractivity contribution in [2.45, 2.75) is 13.5 Å². The fourth-order valence-corrected chi connectivity index (χ4v) is 3.60. The van der Waals surface area contributed by atoms with Gasteiger partial charge in [0, 0.05) is 31.7 Å². The molecule has 1 saturated heterocycles. The molecule has 2 aliphatic heterocycles. The maximum Gasteiger partial charge on any atom is 0.251 e. The molecule has 2 N–H and O–H groups in total. The summed E-state index contributed by atoms with van der Waals surface area (Å²) in [6, 6.07) is 6.89. The predicted molar refractivity (Wildman–Crippen MR) is 115 cm³/mol. The largest absolute Gasteiger partial charge is 0.454 e. The topological polar surface area (TPSA) is 109 Å². The van der Waals surface area contributed by atoms with Crippen LogP contribution in [0.15, 0.2) is 52.9 Å². The van der Waals surface area contributed by atoms with E-state index in [9.17, 15) is 14.4 Å². The molecular formula is C21H20N4O5S. The number of thiocarbonyl (C=S) groups is 1. The first-order chi connectivity index (χ1) is 14.9. The monoisotopic (exact) mass is 440 g/mol. The summed E-state index contributed by atoms with van der Waals surface area (Å²) in [5, 5.41) is 5.52. The van der Waals surface area contributed by atoms with Gasteiger partial charge in [-0.1, -0.05) is 12.1 Å². The molecule has 10 heteroatoms. The number of carbonyl (C=O) groups is 3. The van der Waals surface area contributed by atoms with Crippen molar-refractivity contribution in [1.82, 2.24) is 15.5 Å². The lowest BCUT2D eigenvalue weighted by molar-refractivity contribution is -0.129. The lowest BCUT2D eigenvalue weighted by Crippen LogP contribution is -2.45. The molecule has 0 radical (unpaired) electrons. The minimum absolute atomic E-state index is 0.118. The number of hydrogen-bond donors (Lipinski definition) is 2. The van der Waals surface area contributed by atoms with Crippen molar-refractivity contribution < 1.29 is 23.9 Å². The summed E-state index contributed by atoms with van der Waals surface area (Å²) in [5.41, 5.74) is 1.83. The van der Waals surface area contributed by atoms with Crippen LogP contribution in [-0.4, -0.2) is 53.3 Å². The first-order valence-electron chi connectivity index (χ1n) is 9.67. The summed E-state index contributed by atoms with van der Waals surface area (Å²) in [4.78, 5) is 41.9. The molecule has 3 amide bonds. The molecule has 1 fully saturated rings. The first kappa shape index (κ1) is 20.7. The molecule has 3 aliphatic rings. The van der Waals surface area contributed by atoms with Crippen LogP contribution in [0, 0.1) is 5.92 Å². The van der Waals surface area contributed by atoms with Crippen molar-refractivity contribution in [3.63, 3.8) is 0 Å². The summed E-state index contributed by atoms with van der Waals surface area (Å²) >= 11 is 5.34. The number of benzene rings is 1. The maximum atomic E-state index is 13.0. The zero-order chi connectivity index (χ0) is 22.0. The van der Waals surface area contributed by atoms with Crippen LogP contribution in [-0.2, 0) is 25.6 Å². The van der Waals surface area contributed by atoms with Gasteiger partial charge >= 0.3 is 0 Å². The molecule has 1 aromatic carbocycles. The fraction of sp³-hybridized carbons (Fsp3) is 0.286. The third-order valence-electron chi connectivity index (χ3n) is 4.92. The number of amides is 3. The van der Waals surface area contributed by atoms with Gasteiger partial charge in [-0.25, -0.2) is 4.99 Å². The number of ether oxygens (including phenoxy) is 2. The van der Waals surface area contributed by atoms with E-state index in [1.54, 1.807) is 36.4 Å². The number of carbonyl (C=O) groups excluding carboxylic acids is 3. The lowest BCUT2D eigenvalue weighted by Gasteiger charge is -2.30. The van der Waals surface area contributed by atoms with Crippen molar-refractivity contribution in [3.05, 3.63) is 59.1 Å². The Morgan fingerprint density at radius 1 is 1.16 bits per heavy atom. The Hall–Kier alpha value is -3.53. The van der Waals surface area contributed by atoms with Gasteiger partial charge in [-0.2, -0.15) is 0 Å². The van der Waals surface area contributed by atoms with Crippen LogP contribution in [0.2, 0.25) is 0 Å². The Morgan fingerprint density at radius 3 is 2.61 bits per heavy atom. The van der Waals surface area contributed by atoms with Crippen LogP contribution >= 0.6 is 12.2 Å². The molecule has 1 unspecified atom stereocenters. The summed E-state index contributed by atoms with van der Waals surface area (Å²) in [6.07, 6.45) is 3.39. The van der Waals surface area contributed by atoms with E-state index < -0.39 is 5.92 Å². The number of hydrogen-bond acceptors (Lipinski definition) is 6. The maximum absolute atomic E-state index is 13.0. The second kappa shape index (κ2) is 8.68. The molecule has 31 heavy (non-hydrogen) atoms. The average Bonchev–Trinajstić information content (AvgIpc) is 3.20. The molecule has 9 nitrogen and oxygen atoms in total. The highest BCUT2D eigenvalue weighted by Crippen LogP contribution is 2.31. The molecule has 4 rings (SSSR count). The van der Waals surface area contributed by atoms with E-state index >= 15 is 0 Å². The third kappa shape index (κ3) is 4.48. The van der Waals surface area contributed by atoms with Crippen LogP contribution in [0.25, 0.3) is 0 Å². The Morgan fingerprint density at radius 2 is 1.87 bits per heavy atom. The van der Waals surface area contributed by atoms with Gasteiger partial charge in [0.05, 0.1) is 12.3 Å².